The summed E-state index contributed by atoms with van der Waals surface area (Å²) < 4.78 is 10.4. The molecule has 0 aromatic heterocycles. The van der Waals surface area contributed by atoms with E-state index in [0.717, 1.165) is 62.4 Å². The second-order valence-corrected chi connectivity index (χ2v) is 8.56. The van der Waals surface area contributed by atoms with Crippen molar-refractivity contribution >= 4 is 36.5 Å². The lowest BCUT2D eigenvalue weighted by Crippen LogP contribution is -2.44. The maximum Gasteiger partial charge on any atom is 0.337 e. The van der Waals surface area contributed by atoms with Crippen molar-refractivity contribution in [1.29, 1.82) is 0 Å². The summed E-state index contributed by atoms with van der Waals surface area (Å²) in [5, 5.41) is 14.4. The fourth-order valence-electron chi connectivity index (χ4n) is 3.86. The Kier molecular flexibility index (Phi) is 12.0. The van der Waals surface area contributed by atoms with Gasteiger partial charge in [-0.2, -0.15) is 0 Å². The number of benzene rings is 2. The quantitative estimate of drug-likeness (QED) is 0.477. The van der Waals surface area contributed by atoms with Gasteiger partial charge in [0.15, 0.2) is 0 Å². The van der Waals surface area contributed by atoms with E-state index in [1.54, 1.807) is 12.1 Å². The van der Waals surface area contributed by atoms with Crippen molar-refractivity contribution in [3.05, 3.63) is 59.7 Å². The van der Waals surface area contributed by atoms with Crippen molar-refractivity contribution in [3.63, 3.8) is 0 Å². The number of esters is 1. The SMILES string of the molecule is COC(=O)c1ccc(CN2CCC(O)(CCNc3ccc(OC(C)C)cc3)CC2)cc1.Cl.Cl. The Labute approximate surface area is 209 Å². The molecule has 1 aliphatic heterocycles. The normalized spacial score (nSPS) is 15.2. The summed E-state index contributed by atoms with van der Waals surface area (Å²) in [7, 11) is 1.39. The van der Waals surface area contributed by atoms with Crippen molar-refractivity contribution in [3.8, 4) is 5.75 Å². The van der Waals surface area contributed by atoms with Crippen molar-refractivity contribution in [2.24, 2.45) is 0 Å². The van der Waals surface area contributed by atoms with Gasteiger partial charge in [0.1, 0.15) is 5.75 Å². The Morgan fingerprint density at radius 2 is 1.67 bits per heavy atom. The fraction of sp³-hybridized carbons (Fsp3) is 0.480. The fourth-order valence-corrected chi connectivity index (χ4v) is 3.86. The molecule has 1 saturated heterocycles. The summed E-state index contributed by atoms with van der Waals surface area (Å²) in [5.74, 6) is 0.550. The number of nitrogens with one attached hydrogen (secondary N) is 1. The summed E-state index contributed by atoms with van der Waals surface area (Å²) >= 11 is 0. The molecule has 0 amide bonds. The smallest absolute Gasteiger partial charge is 0.337 e. The van der Waals surface area contributed by atoms with Gasteiger partial charge in [0.05, 0.1) is 24.4 Å². The number of carbonyl (C=O) groups is 1. The summed E-state index contributed by atoms with van der Waals surface area (Å²) in [6.07, 6.45) is 2.41. The van der Waals surface area contributed by atoms with Crippen LogP contribution in [0.5, 0.6) is 5.75 Å². The average Bonchev–Trinajstić information content (AvgIpc) is 2.76. The second-order valence-electron chi connectivity index (χ2n) is 8.56. The van der Waals surface area contributed by atoms with Crippen molar-refractivity contribution in [1.82, 2.24) is 4.90 Å². The maximum absolute atomic E-state index is 11.5. The maximum atomic E-state index is 11.5. The number of methoxy groups -OCH3 is 1. The van der Waals surface area contributed by atoms with Gasteiger partial charge in [-0.1, -0.05) is 12.1 Å². The van der Waals surface area contributed by atoms with Crippen LogP contribution < -0.4 is 10.1 Å². The van der Waals surface area contributed by atoms with Gasteiger partial charge in [0.2, 0.25) is 0 Å². The van der Waals surface area contributed by atoms with E-state index in [0.29, 0.717) is 5.56 Å². The Bertz CT molecular complexity index is 836. The topological polar surface area (TPSA) is 71.0 Å². The zero-order chi connectivity index (χ0) is 22.3. The highest BCUT2D eigenvalue weighted by atomic mass is 35.5. The van der Waals surface area contributed by atoms with Gasteiger partial charge in [0.25, 0.3) is 0 Å². The van der Waals surface area contributed by atoms with Crippen molar-refractivity contribution < 1.29 is 19.4 Å². The van der Waals surface area contributed by atoms with Gasteiger partial charge < -0.3 is 19.9 Å². The number of likely N-dealkylation sites (tertiary alicyclic amines) is 1. The largest absolute Gasteiger partial charge is 0.491 e. The van der Waals surface area contributed by atoms with E-state index in [4.69, 9.17) is 9.47 Å². The van der Waals surface area contributed by atoms with Crippen LogP contribution in [-0.2, 0) is 11.3 Å². The van der Waals surface area contributed by atoms with Gasteiger partial charge in [-0.25, -0.2) is 4.79 Å². The van der Waals surface area contributed by atoms with Gasteiger partial charge in [-0.3, -0.25) is 4.90 Å². The zero-order valence-electron chi connectivity index (χ0n) is 19.6. The molecule has 0 atom stereocenters. The first-order chi connectivity index (χ1) is 14.9. The molecule has 2 N–H and O–H groups in total. The molecule has 3 rings (SSSR count). The molecule has 1 heterocycles. The molecule has 184 valence electrons. The minimum absolute atomic E-state index is 0. The molecule has 1 aliphatic rings. The number of anilines is 1. The predicted molar refractivity (Wildman–Crippen MR) is 137 cm³/mol. The first-order valence-electron chi connectivity index (χ1n) is 11.0. The third-order valence-electron chi connectivity index (χ3n) is 5.71. The van der Waals surface area contributed by atoms with E-state index in [-0.39, 0.29) is 36.9 Å². The van der Waals surface area contributed by atoms with Gasteiger partial charge in [0, 0.05) is 31.9 Å². The van der Waals surface area contributed by atoms with E-state index in [1.807, 2.05) is 50.2 Å². The Morgan fingerprint density at radius 1 is 1.06 bits per heavy atom. The number of aliphatic hydroxyl groups is 1. The van der Waals surface area contributed by atoms with Crippen LogP contribution in [0.25, 0.3) is 0 Å². The molecule has 0 bridgehead atoms. The Balaban J connectivity index is 0.00000272. The molecule has 0 unspecified atom stereocenters. The van der Waals surface area contributed by atoms with Crippen LogP contribution in [0, 0.1) is 0 Å². The molecule has 2 aromatic carbocycles. The zero-order valence-corrected chi connectivity index (χ0v) is 21.2. The highest BCUT2D eigenvalue weighted by molar-refractivity contribution is 5.89. The number of hydrogen-bond donors (Lipinski definition) is 2. The van der Waals surface area contributed by atoms with E-state index < -0.39 is 5.60 Å². The highest BCUT2D eigenvalue weighted by Gasteiger charge is 2.31. The number of carbonyl (C=O) groups excluding carboxylic acids is 1. The predicted octanol–water partition coefficient (Wildman–Crippen LogP) is 4.93. The van der Waals surface area contributed by atoms with E-state index in [9.17, 15) is 9.90 Å². The standard InChI is InChI=1S/C25H34N2O4.2ClH/c1-19(2)31-23-10-8-22(9-11-23)26-15-12-25(29)13-16-27(17-14-25)18-20-4-6-21(7-5-20)24(28)30-3;;/h4-11,19,26,29H,12-18H2,1-3H3;2*1H. The van der Waals surface area contributed by atoms with Gasteiger partial charge in [-0.05, 0) is 75.1 Å². The van der Waals surface area contributed by atoms with Crippen molar-refractivity contribution in [2.45, 2.75) is 51.4 Å². The van der Waals surface area contributed by atoms with Gasteiger partial charge >= 0.3 is 5.97 Å². The lowest BCUT2D eigenvalue weighted by Gasteiger charge is -2.38. The first kappa shape index (κ1) is 29.0. The molecular formula is C25H36Cl2N2O4. The minimum atomic E-state index is -0.626. The Morgan fingerprint density at radius 3 is 2.21 bits per heavy atom. The van der Waals surface area contributed by atoms with Crippen LogP contribution in [0.1, 0.15) is 49.0 Å². The van der Waals surface area contributed by atoms with E-state index in [2.05, 4.69) is 10.2 Å². The number of halogens is 2. The molecule has 0 spiro atoms. The number of hydrogen-bond acceptors (Lipinski definition) is 6. The van der Waals surface area contributed by atoms with Crippen LogP contribution in [0.15, 0.2) is 48.5 Å². The highest BCUT2D eigenvalue weighted by Crippen LogP contribution is 2.27. The van der Waals surface area contributed by atoms with E-state index >= 15 is 0 Å². The number of ether oxygens (including phenoxy) is 2. The average molecular weight is 499 g/mol. The van der Waals surface area contributed by atoms with Crippen LogP contribution in [-0.4, -0.2) is 54.4 Å². The first-order valence-corrected chi connectivity index (χ1v) is 11.0. The third kappa shape index (κ3) is 9.05. The Hall–Kier alpha value is -1.99. The lowest BCUT2D eigenvalue weighted by molar-refractivity contribution is -0.0266. The summed E-state index contributed by atoms with van der Waals surface area (Å²) in [4.78, 5) is 13.9. The molecular weight excluding hydrogens is 463 g/mol. The minimum Gasteiger partial charge on any atom is -0.491 e. The van der Waals surface area contributed by atoms with Crippen LogP contribution in [0.2, 0.25) is 0 Å². The van der Waals surface area contributed by atoms with Gasteiger partial charge in [-0.15, -0.1) is 24.8 Å². The molecule has 6 nitrogen and oxygen atoms in total. The summed E-state index contributed by atoms with van der Waals surface area (Å²) in [5.41, 5.74) is 2.13. The van der Waals surface area contributed by atoms with Crippen LogP contribution in [0.3, 0.4) is 0 Å². The van der Waals surface area contributed by atoms with Crippen molar-refractivity contribution in [2.75, 3.05) is 32.1 Å². The van der Waals surface area contributed by atoms with Crippen LogP contribution >= 0.6 is 24.8 Å². The second kappa shape index (κ2) is 13.7. The number of piperidine rings is 1. The molecule has 33 heavy (non-hydrogen) atoms. The van der Waals surface area contributed by atoms with E-state index in [1.165, 1.54) is 7.11 Å². The molecule has 0 saturated carbocycles. The molecule has 1 fully saturated rings. The number of rotatable bonds is 9. The third-order valence-corrected chi connectivity index (χ3v) is 5.71. The molecule has 0 radical (unpaired) electrons. The molecule has 2 aromatic rings. The summed E-state index contributed by atoms with van der Waals surface area (Å²) in [6.45, 7) is 7.29. The molecule has 8 heteroatoms. The summed E-state index contributed by atoms with van der Waals surface area (Å²) in [6, 6.07) is 15.5. The van der Waals surface area contributed by atoms with Crippen LogP contribution in [0.4, 0.5) is 5.69 Å². The number of nitrogens with zero attached hydrogens (tertiary/aromatic N) is 1. The lowest BCUT2D eigenvalue weighted by atomic mass is 9.88. The monoisotopic (exact) mass is 498 g/mol. The molecule has 0 aliphatic carbocycles.